The van der Waals surface area contributed by atoms with Crippen LogP contribution in [0.1, 0.15) is 40.2 Å². The third-order valence-corrected chi connectivity index (χ3v) is 3.40. The zero-order valence-electron chi connectivity index (χ0n) is 12.0. The lowest BCUT2D eigenvalue weighted by Gasteiger charge is -2.23. The lowest BCUT2D eigenvalue weighted by molar-refractivity contribution is -0.121. The highest BCUT2D eigenvalue weighted by molar-refractivity contribution is 5.87. The molecular weight excluding hydrogens is 226 g/mol. The molecule has 0 aliphatic carbocycles. The summed E-state index contributed by atoms with van der Waals surface area (Å²) in [5.74, 6) is 0.974. The van der Waals surface area contributed by atoms with Gasteiger partial charge in [0.25, 0.3) is 0 Å². The Morgan fingerprint density at radius 3 is 2.06 bits per heavy atom. The molecule has 0 aliphatic rings. The fourth-order valence-electron chi connectivity index (χ4n) is 1.64. The number of carbonyl (C=O) groups excluding carboxylic acids is 1. The van der Waals surface area contributed by atoms with E-state index in [-0.39, 0.29) is 5.78 Å². The minimum absolute atomic E-state index is 0.167. The first kappa shape index (κ1) is 14.7. The molecule has 0 bridgehead atoms. The highest BCUT2D eigenvalue weighted by Crippen LogP contribution is 2.26. The van der Waals surface area contributed by atoms with Crippen LogP contribution in [-0.4, -0.2) is 23.9 Å². The second kappa shape index (κ2) is 6.01. The van der Waals surface area contributed by atoms with E-state index in [0.29, 0.717) is 0 Å². The molecule has 0 saturated heterocycles. The number of nitrogens with zero attached hydrogens (tertiary/aromatic N) is 1. The van der Waals surface area contributed by atoms with Crippen molar-refractivity contribution in [3.63, 3.8) is 0 Å². The Kier molecular flexibility index (Phi) is 4.91. The number of carbonyl (C=O) groups is 1. The number of benzene rings is 1. The van der Waals surface area contributed by atoms with Crippen LogP contribution in [0, 0.1) is 0 Å². The third-order valence-electron chi connectivity index (χ3n) is 3.40. The van der Waals surface area contributed by atoms with E-state index in [9.17, 15) is 4.79 Å². The van der Waals surface area contributed by atoms with Gasteiger partial charge in [0.2, 0.25) is 0 Å². The first-order valence-corrected chi connectivity index (χ1v) is 6.46. The Morgan fingerprint density at radius 1 is 1.17 bits per heavy atom. The summed E-state index contributed by atoms with van der Waals surface area (Å²) in [6.45, 7) is 11.3. The van der Waals surface area contributed by atoms with Gasteiger partial charge in [-0.1, -0.05) is 12.1 Å². The van der Waals surface area contributed by atoms with Gasteiger partial charge in [-0.3, -0.25) is 4.79 Å². The summed E-state index contributed by atoms with van der Waals surface area (Å²) >= 11 is 0. The number of rotatable bonds is 6. The van der Waals surface area contributed by atoms with Crippen LogP contribution in [0.15, 0.2) is 24.3 Å². The van der Waals surface area contributed by atoms with Gasteiger partial charge in [-0.15, -0.1) is 5.06 Å². The minimum atomic E-state index is -0.437. The fourth-order valence-corrected chi connectivity index (χ4v) is 1.64. The van der Waals surface area contributed by atoms with Gasteiger partial charge in [-0.2, -0.15) is 0 Å². The molecule has 100 valence electrons. The number of hydrogen-bond donors (Lipinski definition) is 0. The zero-order chi connectivity index (χ0) is 13.8. The number of hydroxylamine groups is 2. The lowest BCUT2D eigenvalue weighted by Crippen LogP contribution is -2.27. The Hall–Kier alpha value is -1.35. The fraction of sp³-hybridized carbons (Fsp3) is 0.533. The van der Waals surface area contributed by atoms with Crippen molar-refractivity contribution in [2.75, 3.05) is 13.1 Å². The summed E-state index contributed by atoms with van der Waals surface area (Å²) in [4.78, 5) is 17.3. The molecule has 0 N–H and O–H groups in total. The summed E-state index contributed by atoms with van der Waals surface area (Å²) < 4.78 is 0. The second-order valence-electron chi connectivity index (χ2n) is 4.91. The topological polar surface area (TPSA) is 29.5 Å². The van der Waals surface area contributed by atoms with E-state index in [0.717, 1.165) is 24.4 Å². The second-order valence-corrected chi connectivity index (χ2v) is 4.91. The van der Waals surface area contributed by atoms with Crippen molar-refractivity contribution in [1.82, 2.24) is 5.06 Å². The monoisotopic (exact) mass is 249 g/mol. The van der Waals surface area contributed by atoms with Gasteiger partial charge in [0.05, 0.1) is 0 Å². The van der Waals surface area contributed by atoms with Crippen molar-refractivity contribution in [2.45, 2.75) is 40.0 Å². The molecule has 0 amide bonds. The van der Waals surface area contributed by atoms with Gasteiger partial charge < -0.3 is 4.84 Å². The third kappa shape index (κ3) is 3.33. The molecule has 3 heteroatoms. The van der Waals surface area contributed by atoms with E-state index in [4.69, 9.17) is 4.84 Å². The van der Waals surface area contributed by atoms with Gasteiger partial charge in [-0.05, 0) is 52.3 Å². The van der Waals surface area contributed by atoms with Crippen LogP contribution in [0.2, 0.25) is 0 Å². The summed E-state index contributed by atoms with van der Waals surface area (Å²) in [6, 6.07) is 7.75. The van der Waals surface area contributed by atoms with Gasteiger partial charge >= 0.3 is 0 Å². The maximum atomic E-state index is 11.6. The van der Waals surface area contributed by atoms with E-state index in [1.807, 2.05) is 43.2 Å². The van der Waals surface area contributed by atoms with Gasteiger partial charge in [0, 0.05) is 18.5 Å². The van der Waals surface area contributed by atoms with Crippen molar-refractivity contribution in [3.05, 3.63) is 29.8 Å². The summed E-state index contributed by atoms with van der Waals surface area (Å²) in [5.41, 5.74) is 0.579. The molecule has 0 saturated carbocycles. The predicted molar refractivity (Wildman–Crippen MR) is 73.7 cm³/mol. The van der Waals surface area contributed by atoms with Crippen molar-refractivity contribution in [1.29, 1.82) is 0 Å². The van der Waals surface area contributed by atoms with E-state index in [1.54, 1.807) is 6.92 Å². The SMILES string of the molecule is CCN(CC)Oc1ccc(C(C)(C)C(C)=O)cc1. The first-order valence-electron chi connectivity index (χ1n) is 6.46. The zero-order valence-corrected chi connectivity index (χ0v) is 12.0. The number of Topliss-reactive ketones (excluding diaryl/α,β-unsaturated/α-hetero) is 1. The van der Waals surface area contributed by atoms with Crippen LogP contribution in [0.25, 0.3) is 0 Å². The molecule has 3 nitrogen and oxygen atoms in total. The van der Waals surface area contributed by atoms with Crippen LogP contribution in [0.5, 0.6) is 5.75 Å². The average Bonchev–Trinajstić information content (AvgIpc) is 2.36. The standard InChI is InChI=1S/C15H23NO2/c1-6-16(7-2)18-14-10-8-13(9-11-14)15(4,5)12(3)17/h8-11H,6-7H2,1-5H3. The van der Waals surface area contributed by atoms with Crippen molar-refractivity contribution in [2.24, 2.45) is 0 Å². The minimum Gasteiger partial charge on any atom is -0.406 e. The smallest absolute Gasteiger partial charge is 0.147 e. The number of ketones is 1. The molecule has 0 heterocycles. The number of hydrogen-bond acceptors (Lipinski definition) is 3. The Bertz CT molecular complexity index is 391. The van der Waals surface area contributed by atoms with E-state index < -0.39 is 5.41 Å². The molecule has 0 aliphatic heterocycles. The van der Waals surface area contributed by atoms with Crippen molar-refractivity contribution >= 4 is 5.78 Å². The van der Waals surface area contributed by atoms with Crippen LogP contribution >= 0.6 is 0 Å². The van der Waals surface area contributed by atoms with Gasteiger partial charge in [0.1, 0.15) is 11.5 Å². The lowest BCUT2D eigenvalue weighted by atomic mass is 9.81. The maximum Gasteiger partial charge on any atom is 0.147 e. The first-order chi connectivity index (χ1) is 8.41. The molecule has 1 aromatic carbocycles. The molecule has 18 heavy (non-hydrogen) atoms. The average molecular weight is 249 g/mol. The van der Waals surface area contributed by atoms with Crippen LogP contribution in [0.3, 0.4) is 0 Å². The molecule has 0 fully saturated rings. The van der Waals surface area contributed by atoms with Crippen LogP contribution in [0.4, 0.5) is 0 Å². The quantitative estimate of drug-likeness (QED) is 0.725. The predicted octanol–water partition coefficient (Wildman–Crippen LogP) is 3.19. The Morgan fingerprint density at radius 2 is 1.67 bits per heavy atom. The Balaban J connectivity index is 2.83. The summed E-state index contributed by atoms with van der Waals surface area (Å²) in [6.07, 6.45) is 0. The largest absolute Gasteiger partial charge is 0.406 e. The molecule has 0 atom stereocenters. The summed E-state index contributed by atoms with van der Waals surface area (Å²) in [5, 5.41) is 1.88. The van der Waals surface area contributed by atoms with Crippen molar-refractivity contribution in [3.8, 4) is 5.75 Å². The molecule has 0 radical (unpaired) electrons. The van der Waals surface area contributed by atoms with Crippen molar-refractivity contribution < 1.29 is 9.63 Å². The van der Waals surface area contributed by atoms with E-state index in [2.05, 4.69) is 13.8 Å². The Labute approximate surface area is 110 Å². The van der Waals surface area contributed by atoms with E-state index >= 15 is 0 Å². The van der Waals surface area contributed by atoms with Gasteiger partial charge in [0.15, 0.2) is 0 Å². The highest BCUT2D eigenvalue weighted by Gasteiger charge is 2.25. The molecule has 1 aromatic rings. The summed E-state index contributed by atoms with van der Waals surface area (Å²) in [7, 11) is 0. The molecule has 1 rings (SSSR count). The van der Waals surface area contributed by atoms with E-state index in [1.165, 1.54) is 0 Å². The molecule has 0 unspecified atom stereocenters. The maximum absolute atomic E-state index is 11.6. The van der Waals surface area contributed by atoms with Gasteiger partial charge in [-0.25, -0.2) is 0 Å². The van der Waals surface area contributed by atoms with Crippen LogP contribution < -0.4 is 4.84 Å². The molecule has 0 spiro atoms. The highest BCUT2D eigenvalue weighted by atomic mass is 16.7. The molecular formula is C15H23NO2. The van der Waals surface area contributed by atoms with Crippen LogP contribution in [-0.2, 0) is 10.2 Å². The molecule has 0 aromatic heterocycles. The normalized spacial score (nSPS) is 11.7.